The highest BCUT2D eigenvalue weighted by Crippen LogP contribution is 2.43. The number of nitrogens with zero attached hydrogens (tertiary/aromatic N) is 1. The Labute approximate surface area is 198 Å². The number of halogens is 1. The number of likely N-dealkylation sites (tertiary alicyclic amines) is 1. The summed E-state index contributed by atoms with van der Waals surface area (Å²) in [6.07, 6.45) is 1.65. The minimum Gasteiger partial charge on any atom is -0.507 e. The SMILES string of the molecule is O=C(O)CCCCCN1C(=O)C(=O)C(=C(O)c2ccc(Br)cc2)[C@@H]1c1ccc2c(c1)OCO2. The summed E-state index contributed by atoms with van der Waals surface area (Å²) in [5, 5.41) is 19.9. The van der Waals surface area contributed by atoms with Gasteiger partial charge in [-0.15, -0.1) is 0 Å². The van der Waals surface area contributed by atoms with Gasteiger partial charge in [-0.3, -0.25) is 14.4 Å². The van der Waals surface area contributed by atoms with E-state index in [0.717, 1.165) is 4.47 Å². The van der Waals surface area contributed by atoms with Gasteiger partial charge in [0.1, 0.15) is 5.76 Å². The van der Waals surface area contributed by atoms with E-state index >= 15 is 0 Å². The van der Waals surface area contributed by atoms with Crippen LogP contribution in [0.4, 0.5) is 0 Å². The Kier molecular flexibility index (Phi) is 6.69. The molecule has 0 aromatic heterocycles. The molecule has 2 aromatic rings. The summed E-state index contributed by atoms with van der Waals surface area (Å²) in [5.74, 6) is -1.51. The van der Waals surface area contributed by atoms with Crippen molar-refractivity contribution in [3.63, 3.8) is 0 Å². The maximum atomic E-state index is 13.0. The molecule has 172 valence electrons. The number of aliphatic carboxylic acids is 1. The van der Waals surface area contributed by atoms with Crippen molar-refractivity contribution in [1.29, 1.82) is 0 Å². The number of hydrogen-bond donors (Lipinski definition) is 2. The van der Waals surface area contributed by atoms with E-state index in [1.54, 1.807) is 42.5 Å². The second-order valence-corrected chi connectivity index (χ2v) is 8.73. The molecule has 2 aliphatic rings. The smallest absolute Gasteiger partial charge is 0.303 e. The molecule has 1 atom stereocenters. The first-order valence-corrected chi connectivity index (χ1v) is 11.3. The van der Waals surface area contributed by atoms with Gasteiger partial charge in [0, 0.05) is 23.0 Å². The second-order valence-electron chi connectivity index (χ2n) is 7.82. The molecule has 1 fully saturated rings. The van der Waals surface area contributed by atoms with E-state index < -0.39 is 23.7 Å². The van der Waals surface area contributed by atoms with E-state index in [1.165, 1.54) is 4.90 Å². The Hall–Kier alpha value is -3.33. The van der Waals surface area contributed by atoms with Crippen LogP contribution in [0.25, 0.3) is 5.76 Å². The van der Waals surface area contributed by atoms with Crippen molar-refractivity contribution in [2.75, 3.05) is 13.3 Å². The molecule has 2 heterocycles. The van der Waals surface area contributed by atoms with Crippen molar-refractivity contribution in [1.82, 2.24) is 4.90 Å². The maximum Gasteiger partial charge on any atom is 0.303 e. The van der Waals surface area contributed by atoms with E-state index in [1.807, 2.05) is 0 Å². The number of fused-ring (bicyclic) bond motifs is 1. The molecule has 0 aliphatic carbocycles. The highest BCUT2D eigenvalue weighted by atomic mass is 79.9. The average Bonchev–Trinajstić information content (AvgIpc) is 3.36. The van der Waals surface area contributed by atoms with Crippen LogP contribution in [0.5, 0.6) is 11.5 Å². The lowest BCUT2D eigenvalue weighted by Gasteiger charge is -2.25. The zero-order valence-corrected chi connectivity index (χ0v) is 19.2. The highest BCUT2D eigenvalue weighted by molar-refractivity contribution is 9.10. The Balaban J connectivity index is 1.70. The summed E-state index contributed by atoms with van der Waals surface area (Å²) in [6.45, 7) is 0.335. The van der Waals surface area contributed by atoms with Gasteiger partial charge in [-0.2, -0.15) is 0 Å². The zero-order chi connectivity index (χ0) is 23.5. The van der Waals surface area contributed by atoms with Gasteiger partial charge in [0.2, 0.25) is 6.79 Å². The third kappa shape index (κ3) is 4.73. The van der Waals surface area contributed by atoms with Gasteiger partial charge < -0.3 is 24.6 Å². The first-order valence-electron chi connectivity index (χ1n) is 10.5. The number of hydrogen-bond acceptors (Lipinski definition) is 6. The fourth-order valence-electron chi connectivity index (χ4n) is 4.04. The quantitative estimate of drug-likeness (QED) is 0.234. The van der Waals surface area contributed by atoms with E-state index in [9.17, 15) is 19.5 Å². The van der Waals surface area contributed by atoms with Gasteiger partial charge in [0.05, 0.1) is 11.6 Å². The van der Waals surface area contributed by atoms with Crippen LogP contribution in [0.2, 0.25) is 0 Å². The standard InChI is InChI=1S/C24H22BrNO7/c25-16-8-5-14(6-9-16)22(29)20-21(15-7-10-17-18(12-15)33-13-32-17)26(24(31)23(20)30)11-3-1-2-4-19(27)28/h5-10,12,21,29H,1-4,11,13H2,(H,27,28)/t21-/m0/s1. The number of unbranched alkanes of at least 4 members (excludes halogenated alkanes) is 2. The summed E-state index contributed by atoms with van der Waals surface area (Å²) in [4.78, 5) is 38.2. The lowest BCUT2D eigenvalue weighted by Crippen LogP contribution is -2.30. The number of carbonyl (C=O) groups is 3. The van der Waals surface area contributed by atoms with E-state index in [-0.39, 0.29) is 31.1 Å². The summed E-state index contributed by atoms with van der Waals surface area (Å²) in [5.41, 5.74) is 1.04. The van der Waals surface area contributed by atoms with Crippen LogP contribution in [-0.4, -0.2) is 46.1 Å². The molecule has 8 nitrogen and oxygen atoms in total. The Morgan fingerprint density at radius 1 is 1.00 bits per heavy atom. The molecule has 33 heavy (non-hydrogen) atoms. The molecule has 0 bridgehead atoms. The molecule has 0 radical (unpaired) electrons. The molecular weight excluding hydrogens is 494 g/mol. The second kappa shape index (κ2) is 9.66. The fourth-order valence-corrected chi connectivity index (χ4v) is 4.30. The number of ether oxygens (including phenoxy) is 2. The van der Waals surface area contributed by atoms with Crippen LogP contribution < -0.4 is 9.47 Å². The molecule has 4 rings (SSSR count). The number of aliphatic hydroxyl groups excluding tert-OH is 1. The van der Waals surface area contributed by atoms with E-state index in [4.69, 9.17) is 14.6 Å². The molecule has 2 aliphatic heterocycles. The largest absolute Gasteiger partial charge is 0.507 e. The van der Waals surface area contributed by atoms with Crippen molar-refractivity contribution < 1.29 is 34.1 Å². The van der Waals surface area contributed by atoms with Gasteiger partial charge in [-0.25, -0.2) is 0 Å². The van der Waals surface area contributed by atoms with Crippen molar-refractivity contribution in [3.05, 3.63) is 63.6 Å². The van der Waals surface area contributed by atoms with Crippen molar-refractivity contribution in [2.24, 2.45) is 0 Å². The predicted molar refractivity (Wildman–Crippen MR) is 122 cm³/mol. The summed E-state index contributed by atoms with van der Waals surface area (Å²) < 4.78 is 11.6. The predicted octanol–water partition coefficient (Wildman–Crippen LogP) is 4.24. The molecule has 0 spiro atoms. The molecule has 2 aromatic carbocycles. The normalized spacial score (nSPS) is 18.7. The zero-order valence-electron chi connectivity index (χ0n) is 17.6. The van der Waals surface area contributed by atoms with Crippen LogP contribution in [0.15, 0.2) is 52.5 Å². The maximum absolute atomic E-state index is 13.0. The fraction of sp³-hybridized carbons (Fsp3) is 0.292. The van der Waals surface area contributed by atoms with Crippen LogP contribution in [0.1, 0.15) is 42.9 Å². The van der Waals surface area contributed by atoms with Gasteiger partial charge in [-0.05, 0) is 42.7 Å². The minimum atomic E-state index is -0.870. The Bertz CT molecular complexity index is 1130. The highest BCUT2D eigenvalue weighted by Gasteiger charge is 2.46. The van der Waals surface area contributed by atoms with Crippen LogP contribution in [0.3, 0.4) is 0 Å². The minimum absolute atomic E-state index is 0.00623. The third-order valence-corrected chi connectivity index (χ3v) is 6.19. The first-order chi connectivity index (χ1) is 15.9. The summed E-state index contributed by atoms with van der Waals surface area (Å²) >= 11 is 3.35. The number of carbonyl (C=O) groups excluding carboxylic acids is 2. The number of benzene rings is 2. The van der Waals surface area contributed by atoms with E-state index in [0.29, 0.717) is 41.9 Å². The van der Waals surface area contributed by atoms with Gasteiger partial charge in [0.15, 0.2) is 11.5 Å². The lowest BCUT2D eigenvalue weighted by molar-refractivity contribution is -0.140. The number of carboxylic acids is 1. The molecule has 1 amide bonds. The number of Topliss-reactive ketones (excluding diaryl/α,β-unsaturated/α-hetero) is 1. The number of aliphatic hydroxyl groups is 1. The number of ketones is 1. The molecule has 9 heteroatoms. The summed E-state index contributed by atoms with van der Waals surface area (Å²) in [6, 6.07) is 11.2. The van der Waals surface area contributed by atoms with E-state index in [2.05, 4.69) is 15.9 Å². The Morgan fingerprint density at radius 2 is 1.73 bits per heavy atom. The number of amides is 1. The van der Waals surface area contributed by atoms with Crippen LogP contribution in [0, 0.1) is 0 Å². The van der Waals surface area contributed by atoms with Crippen molar-refractivity contribution >= 4 is 39.3 Å². The summed E-state index contributed by atoms with van der Waals surface area (Å²) in [7, 11) is 0. The average molecular weight is 516 g/mol. The topological polar surface area (TPSA) is 113 Å². The molecule has 0 saturated carbocycles. The van der Waals surface area contributed by atoms with Gasteiger partial charge in [0.25, 0.3) is 11.7 Å². The molecule has 1 saturated heterocycles. The monoisotopic (exact) mass is 515 g/mol. The molecular formula is C24H22BrNO7. The number of rotatable bonds is 8. The van der Waals surface area contributed by atoms with Gasteiger partial charge >= 0.3 is 5.97 Å². The number of carboxylic acid groups (broad SMARTS) is 1. The molecule has 0 unspecified atom stereocenters. The third-order valence-electron chi connectivity index (χ3n) is 5.66. The lowest BCUT2D eigenvalue weighted by atomic mass is 9.95. The van der Waals surface area contributed by atoms with Crippen molar-refractivity contribution in [2.45, 2.75) is 31.7 Å². The molecule has 2 N–H and O–H groups in total. The van der Waals surface area contributed by atoms with Gasteiger partial charge in [-0.1, -0.05) is 40.5 Å². The van der Waals surface area contributed by atoms with Crippen LogP contribution >= 0.6 is 15.9 Å². The van der Waals surface area contributed by atoms with Crippen molar-refractivity contribution in [3.8, 4) is 11.5 Å². The van der Waals surface area contributed by atoms with Crippen LogP contribution in [-0.2, 0) is 14.4 Å². The Morgan fingerprint density at radius 3 is 2.45 bits per heavy atom. The first kappa shape index (κ1) is 22.8.